The minimum atomic E-state index is -2.99. The Hall–Kier alpha value is -3.17. The average molecular weight is 365 g/mol. The van der Waals surface area contributed by atoms with Crippen LogP contribution in [0.5, 0.6) is 5.75 Å². The molecule has 0 atom stereocenters. The van der Waals surface area contributed by atoms with Crippen LogP contribution in [0, 0.1) is 0 Å². The van der Waals surface area contributed by atoms with Crippen LogP contribution in [0.2, 0.25) is 0 Å². The van der Waals surface area contributed by atoms with Crippen LogP contribution in [0.3, 0.4) is 0 Å². The fourth-order valence-electron chi connectivity index (χ4n) is 2.04. The number of benzene rings is 2. The predicted octanol–water partition coefficient (Wildman–Crippen LogP) is 2.78. The third kappa shape index (κ3) is 5.16. The van der Waals surface area contributed by atoms with Gasteiger partial charge in [-0.05, 0) is 36.4 Å². The molecule has 0 spiro atoms. The first-order chi connectivity index (χ1) is 12.4. The fourth-order valence-corrected chi connectivity index (χ4v) is 2.04. The molecule has 7 nitrogen and oxygen atoms in total. The highest BCUT2D eigenvalue weighted by Gasteiger charge is 2.19. The Balaban J connectivity index is 2.12. The first-order valence-electron chi connectivity index (χ1n) is 7.21. The zero-order chi connectivity index (χ0) is 19.1. The first kappa shape index (κ1) is 19.2. The van der Waals surface area contributed by atoms with Gasteiger partial charge < -0.3 is 10.1 Å². The molecule has 0 aliphatic carbocycles. The number of carbonyl (C=O) groups excluding carboxylic acids is 3. The van der Waals surface area contributed by atoms with Crippen molar-refractivity contribution in [3.8, 4) is 5.75 Å². The standard InChI is InChI=1S/C17H13F2NO6/c18-17(19)26-13-6-4-10(5-7-13)15(22)16(23)11-2-1-3-12(8-11)20-14(21)9-25-24/h1-8,17,24H,9H2,(H,20,21). The summed E-state index contributed by atoms with van der Waals surface area (Å²) in [5, 5.41) is 10.6. The quantitative estimate of drug-likeness (QED) is 0.323. The Kier molecular flexibility index (Phi) is 6.48. The van der Waals surface area contributed by atoms with Crippen LogP contribution in [-0.2, 0) is 9.68 Å². The third-order valence-corrected chi connectivity index (χ3v) is 3.15. The topological polar surface area (TPSA) is 102 Å². The predicted molar refractivity (Wildman–Crippen MR) is 85.4 cm³/mol. The van der Waals surface area contributed by atoms with E-state index in [1.54, 1.807) is 0 Å². The molecule has 0 saturated heterocycles. The van der Waals surface area contributed by atoms with E-state index in [4.69, 9.17) is 5.26 Å². The lowest BCUT2D eigenvalue weighted by Gasteiger charge is -2.07. The van der Waals surface area contributed by atoms with Crippen LogP contribution in [-0.4, -0.2) is 35.9 Å². The molecule has 0 radical (unpaired) electrons. The van der Waals surface area contributed by atoms with E-state index >= 15 is 0 Å². The van der Waals surface area contributed by atoms with Gasteiger partial charge in [0.2, 0.25) is 11.6 Å². The summed E-state index contributed by atoms with van der Waals surface area (Å²) >= 11 is 0. The molecule has 2 aromatic rings. The molecule has 0 heterocycles. The lowest BCUT2D eigenvalue weighted by Crippen LogP contribution is -2.18. The number of nitrogens with one attached hydrogen (secondary N) is 1. The second kappa shape index (κ2) is 8.79. The minimum Gasteiger partial charge on any atom is -0.435 e. The second-order valence-electron chi connectivity index (χ2n) is 4.96. The summed E-state index contributed by atoms with van der Waals surface area (Å²) in [6.07, 6.45) is 0. The third-order valence-electron chi connectivity index (χ3n) is 3.15. The lowest BCUT2D eigenvalue weighted by atomic mass is 10.0. The van der Waals surface area contributed by atoms with E-state index in [1.807, 2.05) is 0 Å². The van der Waals surface area contributed by atoms with Crippen molar-refractivity contribution in [2.45, 2.75) is 6.61 Å². The van der Waals surface area contributed by atoms with Gasteiger partial charge in [-0.25, -0.2) is 4.89 Å². The lowest BCUT2D eigenvalue weighted by molar-refractivity contribution is -0.237. The summed E-state index contributed by atoms with van der Waals surface area (Å²) in [4.78, 5) is 39.6. The number of hydrogen-bond donors (Lipinski definition) is 2. The van der Waals surface area contributed by atoms with Crippen LogP contribution < -0.4 is 10.1 Å². The van der Waals surface area contributed by atoms with Gasteiger partial charge in [0.05, 0.1) is 0 Å². The molecular formula is C17H13F2NO6. The van der Waals surface area contributed by atoms with Crippen molar-refractivity contribution >= 4 is 23.2 Å². The molecule has 2 N–H and O–H groups in total. The van der Waals surface area contributed by atoms with Gasteiger partial charge in [-0.2, -0.15) is 8.78 Å². The maximum Gasteiger partial charge on any atom is 0.387 e. The Bertz CT molecular complexity index is 807. The average Bonchev–Trinajstić information content (AvgIpc) is 2.61. The van der Waals surface area contributed by atoms with E-state index in [-0.39, 0.29) is 22.6 Å². The number of amides is 1. The number of rotatable bonds is 8. The normalized spacial score (nSPS) is 10.5. The molecule has 2 rings (SSSR count). The molecule has 1 amide bonds. The monoisotopic (exact) mass is 365 g/mol. The van der Waals surface area contributed by atoms with E-state index in [0.29, 0.717) is 0 Å². The summed E-state index contributed by atoms with van der Waals surface area (Å²) in [5.41, 5.74) is 0.247. The van der Waals surface area contributed by atoms with Crippen LogP contribution in [0.15, 0.2) is 48.5 Å². The Morgan fingerprint density at radius 2 is 1.65 bits per heavy atom. The molecule has 0 fully saturated rings. The van der Waals surface area contributed by atoms with Crippen molar-refractivity contribution in [3.63, 3.8) is 0 Å². The molecule has 2 aromatic carbocycles. The van der Waals surface area contributed by atoms with Gasteiger partial charge in [0.1, 0.15) is 5.75 Å². The summed E-state index contributed by atoms with van der Waals surface area (Å²) < 4.78 is 28.4. The number of anilines is 1. The van der Waals surface area contributed by atoms with Gasteiger partial charge in [0.25, 0.3) is 5.91 Å². The zero-order valence-corrected chi connectivity index (χ0v) is 13.1. The first-order valence-corrected chi connectivity index (χ1v) is 7.21. The highest BCUT2D eigenvalue weighted by Crippen LogP contribution is 2.17. The van der Waals surface area contributed by atoms with Crippen molar-refractivity contribution in [1.29, 1.82) is 0 Å². The van der Waals surface area contributed by atoms with Gasteiger partial charge in [0.15, 0.2) is 6.61 Å². The Labute approximate surface area is 146 Å². The van der Waals surface area contributed by atoms with E-state index < -0.39 is 30.7 Å². The van der Waals surface area contributed by atoms with Crippen molar-refractivity contribution in [1.82, 2.24) is 0 Å². The molecule has 0 saturated carbocycles. The van der Waals surface area contributed by atoms with E-state index in [9.17, 15) is 23.2 Å². The van der Waals surface area contributed by atoms with Crippen LogP contribution in [0.1, 0.15) is 20.7 Å². The van der Waals surface area contributed by atoms with E-state index in [2.05, 4.69) is 14.9 Å². The highest BCUT2D eigenvalue weighted by molar-refractivity contribution is 6.49. The maximum atomic E-state index is 12.3. The number of Topliss-reactive ketones (excluding diaryl/α,β-unsaturated/α-hetero) is 2. The molecule has 26 heavy (non-hydrogen) atoms. The Morgan fingerprint density at radius 1 is 1.00 bits per heavy atom. The molecule has 0 aliphatic rings. The SMILES string of the molecule is O=C(COO)Nc1cccc(C(=O)C(=O)c2ccc(OC(F)F)cc2)c1. The van der Waals surface area contributed by atoms with Crippen LogP contribution in [0.4, 0.5) is 14.5 Å². The van der Waals surface area contributed by atoms with Gasteiger partial charge >= 0.3 is 6.61 Å². The molecule has 0 aliphatic heterocycles. The molecular weight excluding hydrogens is 352 g/mol. The van der Waals surface area contributed by atoms with Gasteiger partial charge in [-0.1, -0.05) is 12.1 Å². The van der Waals surface area contributed by atoms with Crippen LogP contribution in [0.25, 0.3) is 0 Å². The maximum absolute atomic E-state index is 12.3. The molecule has 9 heteroatoms. The smallest absolute Gasteiger partial charge is 0.387 e. The van der Waals surface area contributed by atoms with Gasteiger partial charge in [0, 0.05) is 16.8 Å². The summed E-state index contributed by atoms with van der Waals surface area (Å²) in [5.74, 6) is -2.49. The number of halogens is 2. The molecule has 136 valence electrons. The Morgan fingerprint density at radius 3 is 2.27 bits per heavy atom. The number of alkyl halides is 2. The highest BCUT2D eigenvalue weighted by atomic mass is 19.3. The summed E-state index contributed by atoms with van der Waals surface area (Å²) in [7, 11) is 0. The molecule has 0 aromatic heterocycles. The van der Waals surface area contributed by atoms with Crippen molar-refractivity contribution in [3.05, 3.63) is 59.7 Å². The fraction of sp³-hybridized carbons (Fsp3) is 0.118. The largest absolute Gasteiger partial charge is 0.435 e. The zero-order valence-electron chi connectivity index (χ0n) is 13.1. The van der Waals surface area contributed by atoms with Crippen molar-refractivity contribution in [2.24, 2.45) is 0 Å². The van der Waals surface area contributed by atoms with E-state index in [1.165, 1.54) is 36.4 Å². The summed E-state index contributed by atoms with van der Waals surface area (Å²) in [6.45, 7) is -3.59. The number of ether oxygens (including phenoxy) is 1. The van der Waals surface area contributed by atoms with Crippen molar-refractivity contribution < 1.29 is 38.0 Å². The molecule has 0 unspecified atom stereocenters. The molecule has 0 bridgehead atoms. The van der Waals surface area contributed by atoms with Crippen molar-refractivity contribution in [2.75, 3.05) is 11.9 Å². The van der Waals surface area contributed by atoms with Crippen LogP contribution >= 0.6 is 0 Å². The summed E-state index contributed by atoms with van der Waals surface area (Å²) in [6, 6.07) is 10.3. The number of ketones is 2. The van der Waals surface area contributed by atoms with Gasteiger partial charge in [-0.3, -0.25) is 19.6 Å². The van der Waals surface area contributed by atoms with E-state index in [0.717, 1.165) is 12.1 Å². The number of hydrogen-bond acceptors (Lipinski definition) is 6. The minimum absolute atomic E-state index is 0.000245. The van der Waals surface area contributed by atoms with Gasteiger partial charge in [-0.15, -0.1) is 0 Å². The second-order valence-corrected chi connectivity index (χ2v) is 4.96. The number of carbonyl (C=O) groups is 3.